The van der Waals surface area contributed by atoms with Crippen LogP contribution in [0.4, 0.5) is 5.13 Å². The Hall–Kier alpha value is -4.57. The second-order valence-electron chi connectivity index (χ2n) is 8.80. The summed E-state index contributed by atoms with van der Waals surface area (Å²) in [4.78, 5) is 33.2. The van der Waals surface area contributed by atoms with Gasteiger partial charge in [0.1, 0.15) is 17.3 Å². The lowest BCUT2D eigenvalue weighted by Crippen LogP contribution is -2.29. The Morgan fingerprint density at radius 3 is 2.25 bits per heavy atom. The van der Waals surface area contributed by atoms with Crippen molar-refractivity contribution in [1.82, 2.24) is 4.98 Å². The Bertz CT molecular complexity index is 1610. The van der Waals surface area contributed by atoms with Crippen LogP contribution in [0.3, 0.4) is 0 Å². The summed E-state index contributed by atoms with van der Waals surface area (Å²) in [5, 5.41) is 11.8. The Morgan fingerprint density at radius 1 is 0.900 bits per heavy atom. The molecule has 206 valence electrons. The molecule has 1 N–H and O–H groups in total. The van der Waals surface area contributed by atoms with Gasteiger partial charge in [-0.25, -0.2) is 4.98 Å². The molecule has 1 atom stereocenters. The van der Waals surface area contributed by atoms with Gasteiger partial charge in [0.15, 0.2) is 16.6 Å². The zero-order valence-corrected chi connectivity index (χ0v) is 23.3. The van der Waals surface area contributed by atoms with Crippen molar-refractivity contribution in [1.29, 1.82) is 0 Å². The SMILES string of the molecule is CCOc1ccc(C2/C(=C(\O)c3ccc(OC)cc3)C(=O)C(=O)N2c2nc3ccc(OC)cc3s2)cc1OCC. The molecule has 1 aromatic heterocycles. The average Bonchev–Trinajstić information content (AvgIpc) is 3.51. The molecule has 1 aliphatic heterocycles. The highest BCUT2D eigenvalue weighted by molar-refractivity contribution is 7.22. The molecule has 9 nitrogen and oxygen atoms in total. The van der Waals surface area contributed by atoms with Crippen LogP contribution in [0.2, 0.25) is 0 Å². The fourth-order valence-electron chi connectivity index (χ4n) is 4.61. The zero-order valence-electron chi connectivity index (χ0n) is 22.5. The fraction of sp³-hybridized carbons (Fsp3) is 0.233. The molecule has 40 heavy (non-hydrogen) atoms. The van der Waals surface area contributed by atoms with Gasteiger partial charge in [0.25, 0.3) is 5.78 Å². The van der Waals surface area contributed by atoms with Crippen LogP contribution in [-0.2, 0) is 9.59 Å². The quantitative estimate of drug-likeness (QED) is 0.157. The number of aliphatic hydroxyl groups is 1. The molecule has 0 aliphatic carbocycles. The molecule has 10 heteroatoms. The molecule has 0 bridgehead atoms. The summed E-state index contributed by atoms with van der Waals surface area (Å²) >= 11 is 1.25. The number of carbonyl (C=O) groups excluding carboxylic acids is 2. The van der Waals surface area contributed by atoms with E-state index in [-0.39, 0.29) is 11.3 Å². The summed E-state index contributed by atoms with van der Waals surface area (Å²) in [6.07, 6.45) is 0. The van der Waals surface area contributed by atoms with Crippen LogP contribution < -0.4 is 23.8 Å². The number of ether oxygens (including phenoxy) is 4. The number of aromatic nitrogens is 1. The minimum atomic E-state index is -0.973. The van der Waals surface area contributed by atoms with Crippen molar-refractivity contribution in [3.05, 3.63) is 77.4 Å². The Morgan fingerprint density at radius 2 is 1.57 bits per heavy atom. The van der Waals surface area contributed by atoms with Crippen molar-refractivity contribution in [2.75, 3.05) is 32.3 Å². The number of carbonyl (C=O) groups is 2. The summed E-state index contributed by atoms with van der Waals surface area (Å²) in [6.45, 7) is 4.54. The minimum absolute atomic E-state index is 0.0568. The number of rotatable bonds is 9. The first kappa shape index (κ1) is 27.0. The highest BCUT2D eigenvalue weighted by Gasteiger charge is 2.48. The molecular weight excluding hydrogens is 532 g/mol. The van der Waals surface area contributed by atoms with Crippen molar-refractivity contribution in [3.63, 3.8) is 0 Å². The van der Waals surface area contributed by atoms with Crippen LogP contribution in [0.25, 0.3) is 16.0 Å². The highest BCUT2D eigenvalue weighted by atomic mass is 32.1. The number of fused-ring (bicyclic) bond motifs is 1. The van der Waals surface area contributed by atoms with Gasteiger partial charge < -0.3 is 24.1 Å². The molecule has 0 radical (unpaired) electrons. The fourth-order valence-corrected chi connectivity index (χ4v) is 5.63. The number of hydrogen-bond donors (Lipinski definition) is 1. The van der Waals surface area contributed by atoms with Gasteiger partial charge in [-0.2, -0.15) is 0 Å². The van der Waals surface area contributed by atoms with Crippen molar-refractivity contribution in [3.8, 4) is 23.0 Å². The summed E-state index contributed by atoms with van der Waals surface area (Å²) in [5.74, 6) is 0.321. The number of ketones is 1. The molecular formula is C30H28N2O7S. The summed E-state index contributed by atoms with van der Waals surface area (Å²) in [6, 6.07) is 16.3. The van der Waals surface area contributed by atoms with Crippen LogP contribution in [0.5, 0.6) is 23.0 Å². The molecule has 3 aromatic carbocycles. The van der Waals surface area contributed by atoms with Crippen LogP contribution in [0.1, 0.15) is 31.0 Å². The van der Waals surface area contributed by atoms with E-state index in [9.17, 15) is 14.7 Å². The molecule has 1 fully saturated rings. The standard InChI is InChI=1S/C30H28N2O7S/c1-5-38-22-14-9-18(15-23(22)39-6-2)26-25(27(33)17-7-10-19(36-3)11-8-17)28(34)29(35)32(26)30-31-21-13-12-20(37-4)16-24(21)40-30/h7-16,26,33H,5-6H2,1-4H3/b27-25+. The highest BCUT2D eigenvalue weighted by Crippen LogP contribution is 2.46. The number of anilines is 1. The van der Waals surface area contributed by atoms with Gasteiger partial charge in [-0.3, -0.25) is 14.5 Å². The normalized spacial score (nSPS) is 16.4. The van der Waals surface area contributed by atoms with E-state index in [0.717, 1.165) is 4.70 Å². The smallest absolute Gasteiger partial charge is 0.301 e. The van der Waals surface area contributed by atoms with E-state index in [0.29, 0.717) is 58.0 Å². The number of thiazole rings is 1. The third-order valence-electron chi connectivity index (χ3n) is 6.48. The molecule has 2 heterocycles. The largest absolute Gasteiger partial charge is 0.507 e. The number of amides is 1. The Kier molecular flexibility index (Phi) is 7.61. The van der Waals surface area contributed by atoms with Crippen LogP contribution >= 0.6 is 11.3 Å². The third kappa shape index (κ3) is 4.82. The molecule has 5 rings (SSSR count). The van der Waals surface area contributed by atoms with E-state index in [1.807, 2.05) is 19.9 Å². The van der Waals surface area contributed by atoms with E-state index in [2.05, 4.69) is 4.98 Å². The van der Waals surface area contributed by atoms with Gasteiger partial charge in [-0.05, 0) is 74.0 Å². The summed E-state index contributed by atoms with van der Waals surface area (Å²) < 4.78 is 22.9. The zero-order chi connectivity index (χ0) is 28.4. The first-order valence-corrected chi connectivity index (χ1v) is 13.5. The van der Waals surface area contributed by atoms with E-state index in [1.54, 1.807) is 61.7 Å². The molecule has 1 amide bonds. The van der Waals surface area contributed by atoms with Gasteiger partial charge in [-0.15, -0.1) is 0 Å². The van der Waals surface area contributed by atoms with Crippen LogP contribution in [0.15, 0.2) is 66.2 Å². The monoisotopic (exact) mass is 560 g/mol. The maximum Gasteiger partial charge on any atom is 0.301 e. The predicted octanol–water partition coefficient (Wildman–Crippen LogP) is 5.74. The minimum Gasteiger partial charge on any atom is -0.507 e. The van der Waals surface area contributed by atoms with E-state index in [4.69, 9.17) is 18.9 Å². The first-order valence-electron chi connectivity index (χ1n) is 12.7. The van der Waals surface area contributed by atoms with E-state index in [1.165, 1.54) is 23.3 Å². The molecule has 0 saturated carbocycles. The number of nitrogens with zero attached hydrogens (tertiary/aromatic N) is 2. The average molecular weight is 561 g/mol. The topological polar surface area (TPSA) is 107 Å². The van der Waals surface area contributed by atoms with E-state index >= 15 is 0 Å². The number of hydrogen-bond acceptors (Lipinski definition) is 9. The Balaban J connectivity index is 1.71. The van der Waals surface area contributed by atoms with Gasteiger partial charge in [0, 0.05) is 5.56 Å². The van der Waals surface area contributed by atoms with Crippen LogP contribution in [-0.4, -0.2) is 49.2 Å². The molecule has 1 aliphatic rings. The van der Waals surface area contributed by atoms with Gasteiger partial charge in [0.2, 0.25) is 0 Å². The van der Waals surface area contributed by atoms with E-state index < -0.39 is 17.7 Å². The second-order valence-corrected chi connectivity index (χ2v) is 9.81. The lowest BCUT2D eigenvalue weighted by Gasteiger charge is -2.24. The lowest BCUT2D eigenvalue weighted by atomic mass is 9.95. The Labute approximate surface area is 235 Å². The number of benzene rings is 3. The van der Waals surface area contributed by atoms with Crippen LogP contribution in [0, 0.1) is 0 Å². The summed E-state index contributed by atoms with van der Waals surface area (Å²) in [5.41, 5.74) is 1.52. The molecule has 1 unspecified atom stereocenters. The van der Waals surface area contributed by atoms with Gasteiger partial charge in [-0.1, -0.05) is 17.4 Å². The number of methoxy groups -OCH3 is 2. The van der Waals surface area contributed by atoms with Crippen molar-refractivity contribution >= 4 is 44.1 Å². The molecule has 0 spiro atoms. The first-order chi connectivity index (χ1) is 19.4. The maximum absolute atomic E-state index is 13.6. The molecule has 1 saturated heterocycles. The number of Topliss-reactive ketones (excluding diaryl/α,β-unsaturated/α-hetero) is 1. The summed E-state index contributed by atoms with van der Waals surface area (Å²) in [7, 11) is 3.11. The second kappa shape index (κ2) is 11.3. The van der Waals surface area contributed by atoms with Crippen molar-refractivity contribution < 1.29 is 33.6 Å². The predicted molar refractivity (Wildman–Crippen MR) is 153 cm³/mol. The van der Waals surface area contributed by atoms with Crippen molar-refractivity contribution in [2.45, 2.75) is 19.9 Å². The van der Waals surface area contributed by atoms with Gasteiger partial charge >= 0.3 is 5.91 Å². The number of aliphatic hydroxyl groups excluding tert-OH is 1. The van der Waals surface area contributed by atoms with Gasteiger partial charge in [0.05, 0.1) is 49.3 Å². The maximum atomic E-state index is 13.6. The van der Waals surface area contributed by atoms with Crippen molar-refractivity contribution in [2.24, 2.45) is 0 Å². The lowest BCUT2D eigenvalue weighted by molar-refractivity contribution is -0.132. The molecule has 4 aromatic rings. The third-order valence-corrected chi connectivity index (χ3v) is 7.50.